The maximum Gasteiger partial charge on any atom is 0.0420 e. The summed E-state index contributed by atoms with van der Waals surface area (Å²) in [6.45, 7) is 7.25. The molecule has 0 aromatic heterocycles. The maximum absolute atomic E-state index is 6.00. The molecule has 0 radical (unpaired) electrons. The van der Waals surface area contributed by atoms with Gasteiger partial charge in [-0.15, -0.1) is 0 Å². The van der Waals surface area contributed by atoms with Crippen LogP contribution in [0.1, 0.15) is 71.6 Å². The number of hydrazine groups is 1. The quantitative estimate of drug-likeness (QED) is 0.574. The van der Waals surface area contributed by atoms with Crippen LogP contribution in [0.2, 0.25) is 0 Å². The van der Waals surface area contributed by atoms with E-state index in [1.54, 1.807) is 0 Å². The van der Waals surface area contributed by atoms with Gasteiger partial charge in [-0.3, -0.25) is 16.2 Å². The Balaban J connectivity index is 2.15. The summed E-state index contributed by atoms with van der Waals surface area (Å²) in [6.07, 6.45) is 12.2. The van der Waals surface area contributed by atoms with Gasteiger partial charge in [-0.05, 0) is 51.1 Å². The van der Waals surface area contributed by atoms with E-state index in [1.807, 2.05) is 0 Å². The van der Waals surface area contributed by atoms with Gasteiger partial charge in [-0.1, -0.05) is 39.5 Å². The number of nitrogens with two attached hydrogens (primary N) is 1. The highest BCUT2D eigenvalue weighted by Gasteiger charge is 2.47. The maximum atomic E-state index is 6.00. The first-order valence-electron chi connectivity index (χ1n) is 8.46. The Bertz CT molecular complexity index is 255. The third-order valence-electron chi connectivity index (χ3n) is 5.53. The Hall–Kier alpha value is -0.120. The highest BCUT2D eigenvalue weighted by Crippen LogP contribution is 2.42. The molecular weight excluding hydrogens is 234 g/mol. The van der Waals surface area contributed by atoms with Crippen molar-refractivity contribution in [2.45, 2.75) is 83.2 Å². The molecule has 2 unspecified atom stereocenters. The average molecular weight is 267 g/mol. The molecule has 2 aliphatic rings. The molecule has 1 aliphatic heterocycles. The third kappa shape index (κ3) is 3.14. The summed E-state index contributed by atoms with van der Waals surface area (Å²) in [4.78, 5) is 2.79. The average Bonchev–Trinajstić information content (AvgIpc) is 2.91. The zero-order chi connectivity index (χ0) is 13.7. The molecule has 0 bridgehead atoms. The Morgan fingerprint density at radius 3 is 2.26 bits per heavy atom. The smallest absolute Gasteiger partial charge is 0.0420 e. The molecule has 1 saturated carbocycles. The molecule has 2 atom stereocenters. The highest BCUT2D eigenvalue weighted by molar-refractivity contribution is 5.05. The summed E-state index contributed by atoms with van der Waals surface area (Å²) in [5, 5.41) is 0. The van der Waals surface area contributed by atoms with Gasteiger partial charge in [0.15, 0.2) is 0 Å². The zero-order valence-electron chi connectivity index (χ0n) is 13.0. The first-order valence-corrected chi connectivity index (χ1v) is 8.46. The van der Waals surface area contributed by atoms with Gasteiger partial charge in [-0.2, -0.15) is 0 Å². The van der Waals surface area contributed by atoms with Crippen molar-refractivity contribution >= 4 is 0 Å². The largest absolute Gasteiger partial charge is 0.296 e. The molecule has 1 heterocycles. The van der Waals surface area contributed by atoms with Crippen molar-refractivity contribution < 1.29 is 0 Å². The predicted molar refractivity (Wildman–Crippen MR) is 81.8 cm³/mol. The van der Waals surface area contributed by atoms with Crippen LogP contribution in [0, 0.1) is 5.92 Å². The van der Waals surface area contributed by atoms with Crippen LogP contribution in [0.3, 0.4) is 0 Å². The van der Waals surface area contributed by atoms with Gasteiger partial charge in [0, 0.05) is 11.6 Å². The lowest BCUT2D eigenvalue weighted by Gasteiger charge is -2.50. The van der Waals surface area contributed by atoms with E-state index in [1.165, 1.54) is 70.9 Å². The first kappa shape index (κ1) is 15.3. The molecule has 2 rings (SSSR count). The highest BCUT2D eigenvalue weighted by atomic mass is 15.3. The van der Waals surface area contributed by atoms with Crippen LogP contribution in [-0.4, -0.2) is 29.6 Å². The van der Waals surface area contributed by atoms with Crippen molar-refractivity contribution in [1.82, 2.24) is 10.3 Å². The van der Waals surface area contributed by atoms with Crippen LogP contribution in [0.15, 0.2) is 0 Å². The van der Waals surface area contributed by atoms with E-state index < -0.39 is 0 Å². The number of hydrogen-bond donors (Lipinski definition) is 2. The lowest BCUT2D eigenvalue weighted by atomic mass is 9.77. The van der Waals surface area contributed by atoms with Crippen LogP contribution in [-0.2, 0) is 0 Å². The molecule has 1 aliphatic carbocycles. The SMILES string of the molecule is CCCC(C)C(NN)C1(N2CCCCC2)CCCC1. The van der Waals surface area contributed by atoms with E-state index >= 15 is 0 Å². The monoisotopic (exact) mass is 267 g/mol. The van der Waals surface area contributed by atoms with Crippen molar-refractivity contribution in [3.8, 4) is 0 Å². The van der Waals surface area contributed by atoms with Crippen molar-refractivity contribution in [2.75, 3.05) is 13.1 Å². The van der Waals surface area contributed by atoms with Crippen LogP contribution in [0.5, 0.6) is 0 Å². The van der Waals surface area contributed by atoms with Crippen LogP contribution < -0.4 is 11.3 Å². The Morgan fingerprint density at radius 2 is 1.74 bits per heavy atom. The fourth-order valence-corrected chi connectivity index (χ4v) is 4.62. The summed E-state index contributed by atoms with van der Waals surface area (Å²) in [5.74, 6) is 6.67. The molecule has 3 heteroatoms. The number of nitrogens with one attached hydrogen (secondary N) is 1. The van der Waals surface area contributed by atoms with Gasteiger partial charge in [0.2, 0.25) is 0 Å². The van der Waals surface area contributed by atoms with Gasteiger partial charge >= 0.3 is 0 Å². The van der Waals surface area contributed by atoms with Crippen LogP contribution in [0.4, 0.5) is 0 Å². The lowest BCUT2D eigenvalue weighted by molar-refractivity contribution is 0.0180. The van der Waals surface area contributed by atoms with Gasteiger partial charge in [-0.25, -0.2) is 0 Å². The minimum absolute atomic E-state index is 0.351. The summed E-state index contributed by atoms with van der Waals surface area (Å²) < 4.78 is 0. The van der Waals surface area contributed by atoms with Gasteiger partial charge in [0.05, 0.1) is 0 Å². The predicted octanol–water partition coefficient (Wildman–Crippen LogP) is 3.05. The van der Waals surface area contributed by atoms with Crippen molar-refractivity contribution in [1.29, 1.82) is 0 Å². The number of rotatable bonds is 6. The molecule has 19 heavy (non-hydrogen) atoms. The van der Waals surface area contributed by atoms with Crippen molar-refractivity contribution in [3.63, 3.8) is 0 Å². The van der Waals surface area contributed by atoms with Crippen molar-refractivity contribution in [2.24, 2.45) is 11.8 Å². The van der Waals surface area contributed by atoms with Gasteiger partial charge in [0.25, 0.3) is 0 Å². The molecule has 0 amide bonds. The fourth-order valence-electron chi connectivity index (χ4n) is 4.62. The lowest BCUT2D eigenvalue weighted by Crippen LogP contribution is -2.64. The van der Waals surface area contributed by atoms with Gasteiger partial charge < -0.3 is 0 Å². The molecule has 0 spiro atoms. The van der Waals surface area contributed by atoms with E-state index in [0.29, 0.717) is 17.5 Å². The zero-order valence-corrected chi connectivity index (χ0v) is 13.0. The second kappa shape index (κ2) is 7.05. The minimum Gasteiger partial charge on any atom is -0.296 e. The molecule has 0 aromatic carbocycles. The second-order valence-corrected chi connectivity index (χ2v) is 6.77. The minimum atomic E-state index is 0.351. The van der Waals surface area contributed by atoms with Crippen molar-refractivity contribution in [3.05, 3.63) is 0 Å². The molecule has 2 fully saturated rings. The Kier molecular flexibility index (Phi) is 5.67. The van der Waals surface area contributed by atoms with E-state index in [0.717, 1.165) is 0 Å². The molecular formula is C16H33N3. The first-order chi connectivity index (χ1) is 9.24. The Morgan fingerprint density at radius 1 is 1.11 bits per heavy atom. The summed E-state index contributed by atoms with van der Waals surface area (Å²) in [6, 6.07) is 0.466. The topological polar surface area (TPSA) is 41.3 Å². The fraction of sp³-hybridized carbons (Fsp3) is 1.00. The van der Waals surface area contributed by atoms with Crippen LogP contribution >= 0.6 is 0 Å². The van der Waals surface area contributed by atoms with E-state index in [4.69, 9.17) is 5.84 Å². The standard InChI is InChI=1S/C16H33N3/c1-3-9-14(2)15(18-17)16(10-5-6-11-16)19-12-7-4-8-13-19/h14-15,18H,3-13,17H2,1-2H3. The molecule has 1 saturated heterocycles. The molecule has 112 valence electrons. The summed E-state index contributed by atoms with van der Waals surface area (Å²) in [7, 11) is 0. The van der Waals surface area contributed by atoms with Gasteiger partial charge in [0.1, 0.15) is 0 Å². The van der Waals surface area contributed by atoms with E-state index in [9.17, 15) is 0 Å². The number of hydrogen-bond acceptors (Lipinski definition) is 3. The molecule has 3 nitrogen and oxygen atoms in total. The second-order valence-electron chi connectivity index (χ2n) is 6.77. The normalized spacial score (nSPS) is 27.3. The third-order valence-corrected chi connectivity index (χ3v) is 5.53. The summed E-state index contributed by atoms with van der Waals surface area (Å²) in [5.41, 5.74) is 3.58. The molecule has 0 aromatic rings. The summed E-state index contributed by atoms with van der Waals surface area (Å²) >= 11 is 0. The van der Waals surface area contributed by atoms with Crippen LogP contribution in [0.25, 0.3) is 0 Å². The van der Waals surface area contributed by atoms with E-state index in [-0.39, 0.29) is 0 Å². The van der Waals surface area contributed by atoms with E-state index in [2.05, 4.69) is 24.2 Å². The molecule has 3 N–H and O–H groups in total. The number of nitrogens with zero attached hydrogens (tertiary/aromatic N) is 1. The number of piperidine rings is 1. The Labute approximate surface area is 119 Å². The number of likely N-dealkylation sites (tertiary alicyclic amines) is 1.